The van der Waals surface area contributed by atoms with E-state index in [2.05, 4.69) is 37.9 Å². The van der Waals surface area contributed by atoms with Gasteiger partial charge < -0.3 is 10.1 Å². The molecule has 1 heterocycles. The van der Waals surface area contributed by atoms with Crippen LogP contribution in [0.15, 0.2) is 0 Å². The van der Waals surface area contributed by atoms with E-state index in [-0.39, 0.29) is 0 Å². The Morgan fingerprint density at radius 3 is 2.38 bits per heavy atom. The van der Waals surface area contributed by atoms with E-state index in [0.29, 0.717) is 11.5 Å². The lowest BCUT2D eigenvalue weighted by Gasteiger charge is -2.37. The standard InChI is InChI=1S/C13H28N2O/c1-5-6-14-12(13(2,3)4)11-15-7-9-16-10-8-15/h12,14H,5-11H2,1-4H3. The van der Waals surface area contributed by atoms with Crippen molar-refractivity contribution in [2.75, 3.05) is 39.4 Å². The molecule has 0 amide bonds. The molecule has 1 aliphatic heterocycles. The third-order valence-electron chi connectivity index (χ3n) is 3.23. The lowest BCUT2D eigenvalue weighted by Crippen LogP contribution is -2.51. The molecule has 0 aliphatic carbocycles. The molecule has 1 rings (SSSR count). The van der Waals surface area contributed by atoms with Crippen LogP contribution in [0, 0.1) is 5.41 Å². The summed E-state index contributed by atoms with van der Waals surface area (Å²) in [7, 11) is 0. The van der Waals surface area contributed by atoms with Gasteiger partial charge in [-0.05, 0) is 18.4 Å². The molecular weight excluding hydrogens is 200 g/mol. The van der Waals surface area contributed by atoms with Crippen molar-refractivity contribution < 1.29 is 4.74 Å². The first-order valence-corrected chi connectivity index (χ1v) is 6.57. The zero-order valence-corrected chi connectivity index (χ0v) is 11.4. The van der Waals surface area contributed by atoms with Crippen molar-refractivity contribution in [3.63, 3.8) is 0 Å². The highest BCUT2D eigenvalue weighted by Gasteiger charge is 2.26. The fraction of sp³-hybridized carbons (Fsp3) is 1.00. The summed E-state index contributed by atoms with van der Waals surface area (Å²) in [6.07, 6.45) is 1.20. The highest BCUT2D eigenvalue weighted by molar-refractivity contribution is 4.84. The molecule has 0 aromatic heterocycles. The number of rotatable bonds is 5. The summed E-state index contributed by atoms with van der Waals surface area (Å²) in [5.41, 5.74) is 0.327. The number of hydrogen-bond donors (Lipinski definition) is 1. The molecule has 1 N–H and O–H groups in total. The van der Waals surface area contributed by atoms with Crippen LogP contribution in [-0.2, 0) is 4.74 Å². The van der Waals surface area contributed by atoms with Gasteiger partial charge in [-0.15, -0.1) is 0 Å². The van der Waals surface area contributed by atoms with Gasteiger partial charge in [0.1, 0.15) is 0 Å². The molecule has 3 nitrogen and oxygen atoms in total. The van der Waals surface area contributed by atoms with Gasteiger partial charge in [0.25, 0.3) is 0 Å². The Morgan fingerprint density at radius 1 is 1.25 bits per heavy atom. The average molecular weight is 228 g/mol. The minimum Gasteiger partial charge on any atom is -0.379 e. The predicted molar refractivity (Wildman–Crippen MR) is 68.8 cm³/mol. The molecule has 1 saturated heterocycles. The van der Waals surface area contributed by atoms with Gasteiger partial charge in [0.15, 0.2) is 0 Å². The van der Waals surface area contributed by atoms with E-state index < -0.39 is 0 Å². The second kappa shape index (κ2) is 6.58. The van der Waals surface area contributed by atoms with Gasteiger partial charge in [0, 0.05) is 25.7 Å². The summed E-state index contributed by atoms with van der Waals surface area (Å²) in [5.74, 6) is 0. The molecule has 0 aromatic rings. The van der Waals surface area contributed by atoms with E-state index in [1.54, 1.807) is 0 Å². The number of nitrogens with one attached hydrogen (secondary N) is 1. The molecule has 0 saturated carbocycles. The Kier molecular flexibility index (Phi) is 5.73. The van der Waals surface area contributed by atoms with Gasteiger partial charge in [0.05, 0.1) is 13.2 Å². The van der Waals surface area contributed by atoms with Crippen molar-refractivity contribution >= 4 is 0 Å². The molecular formula is C13H28N2O. The first kappa shape index (κ1) is 13.9. The molecule has 96 valence electrons. The Bertz CT molecular complexity index is 183. The summed E-state index contributed by atoms with van der Waals surface area (Å²) in [6, 6.07) is 0.575. The highest BCUT2D eigenvalue weighted by atomic mass is 16.5. The van der Waals surface area contributed by atoms with Crippen LogP contribution in [0.3, 0.4) is 0 Å². The van der Waals surface area contributed by atoms with Crippen molar-refractivity contribution in [2.24, 2.45) is 5.41 Å². The lowest BCUT2D eigenvalue weighted by molar-refractivity contribution is 0.0262. The molecule has 0 spiro atoms. The van der Waals surface area contributed by atoms with E-state index in [0.717, 1.165) is 39.4 Å². The van der Waals surface area contributed by atoms with Crippen LogP contribution in [0.25, 0.3) is 0 Å². The van der Waals surface area contributed by atoms with Crippen LogP contribution in [0.5, 0.6) is 0 Å². The predicted octanol–water partition coefficient (Wildman–Crippen LogP) is 1.73. The topological polar surface area (TPSA) is 24.5 Å². The van der Waals surface area contributed by atoms with E-state index in [1.807, 2.05) is 0 Å². The Hall–Kier alpha value is -0.120. The number of ether oxygens (including phenoxy) is 1. The van der Waals surface area contributed by atoms with Gasteiger partial charge in [-0.1, -0.05) is 27.7 Å². The molecule has 1 fully saturated rings. The zero-order valence-electron chi connectivity index (χ0n) is 11.4. The number of morpholine rings is 1. The van der Waals surface area contributed by atoms with Gasteiger partial charge in [0.2, 0.25) is 0 Å². The van der Waals surface area contributed by atoms with E-state index in [1.165, 1.54) is 6.42 Å². The Balaban J connectivity index is 2.41. The molecule has 1 unspecified atom stereocenters. The summed E-state index contributed by atoms with van der Waals surface area (Å²) in [4.78, 5) is 2.52. The number of nitrogens with zero attached hydrogens (tertiary/aromatic N) is 1. The largest absolute Gasteiger partial charge is 0.379 e. The molecule has 1 aliphatic rings. The summed E-state index contributed by atoms with van der Waals surface area (Å²) in [5, 5.41) is 3.67. The Morgan fingerprint density at radius 2 is 1.88 bits per heavy atom. The van der Waals surface area contributed by atoms with Gasteiger partial charge in [-0.2, -0.15) is 0 Å². The van der Waals surface area contributed by atoms with Crippen LogP contribution in [0.2, 0.25) is 0 Å². The zero-order chi connectivity index (χ0) is 12.0. The molecule has 1 atom stereocenters. The monoisotopic (exact) mass is 228 g/mol. The van der Waals surface area contributed by atoms with Crippen molar-refractivity contribution in [2.45, 2.75) is 40.2 Å². The lowest BCUT2D eigenvalue weighted by atomic mass is 9.86. The molecule has 3 heteroatoms. The summed E-state index contributed by atoms with van der Waals surface area (Å²) in [6.45, 7) is 15.4. The first-order valence-electron chi connectivity index (χ1n) is 6.57. The summed E-state index contributed by atoms with van der Waals surface area (Å²) >= 11 is 0. The van der Waals surface area contributed by atoms with Gasteiger partial charge >= 0.3 is 0 Å². The van der Waals surface area contributed by atoms with Crippen LogP contribution in [0.4, 0.5) is 0 Å². The molecule has 0 bridgehead atoms. The van der Waals surface area contributed by atoms with Gasteiger partial charge in [-0.3, -0.25) is 4.90 Å². The van der Waals surface area contributed by atoms with E-state index in [9.17, 15) is 0 Å². The second-order valence-corrected chi connectivity index (χ2v) is 5.79. The normalized spacial score (nSPS) is 21.0. The molecule has 16 heavy (non-hydrogen) atoms. The third-order valence-corrected chi connectivity index (χ3v) is 3.23. The maximum atomic E-state index is 5.39. The van der Waals surface area contributed by atoms with Crippen molar-refractivity contribution in [3.05, 3.63) is 0 Å². The van der Waals surface area contributed by atoms with E-state index >= 15 is 0 Å². The molecule has 0 radical (unpaired) electrons. The van der Waals surface area contributed by atoms with Crippen LogP contribution >= 0.6 is 0 Å². The van der Waals surface area contributed by atoms with Crippen molar-refractivity contribution in [1.29, 1.82) is 0 Å². The minimum atomic E-state index is 0.327. The van der Waals surface area contributed by atoms with Gasteiger partial charge in [-0.25, -0.2) is 0 Å². The third kappa shape index (κ3) is 4.81. The fourth-order valence-electron chi connectivity index (χ4n) is 2.01. The van der Waals surface area contributed by atoms with Crippen molar-refractivity contribution in [3.8, 4) is 0 Å². The van der Waals surface area contributed by atoms with E-state index in [4.69, 9.17) is 4.74 Å². The summed E-state index contributed by atoms with van der Waals surface area (Å²) < 4.78 is 5.39. The highest BCUT2D eigenvalue weighted by Crippen LogP contribution is 2.20. The molecule has 0 aromatic carbocycles. The minimum absolute atomic E-state index is 0.327. The second-order valence-electron chi connectivity index (χ2n) is 5.79. The maximum Gasteiger partial charge on any atom is 0.0594 e. The van der Waals surface area contributed by atoms with Crippen LogP contribution < -0.4 is 5.32 Å². The number of hydrogen-bond acceptors (Lipinski definition) is 3. The van der Waals surface area contributed by atoms with Crippen molar-refractivity contribution in [1.82, 2.24) is 10.2 Å². The maximum absolute atomic E-state index is 5.39. The van der Waals surface area contributed by atoms with Crippen LogP contribution in [-0.4, -0.2) is 50.3 Å². The smallest absolute Gasteiger partial charge is 0.0594 e. The first-order chi connectivity index (χ1) is 7.54. The SMILES string of the molecule is CCCNC(CN1CCOCC1)C(C)(C)C. The van der Waals surface area contributed by atoms with Crippen LogP contribution in [0.1, 0.15) is 34.1 Å². The quantitative estimate of drug-likeness (QED) is 0.775. The Labute approximate surface area is 101 Å². The average Bonchev–Trinajstić information content (AvgIpc) is 2.24. The fourth-order valence-corrected chi connectivity index (χ4v) is 2.01.